The van der Waals surface area contributed by atoms with Crippen LogP contribution in [0.1, 0.15) is 45.7 Å². The number of benzene rings is 1. The fourth-order valence-corrected chi connectivity index (χ4v) is 3.79. The zero-order valence-electron chi connectivity index (χ0n) is 15.7. The van der Waals surface area contributed by atoms with E-state index in [0.717, 1.165) is 46.4 Å². The normalized spacial score (nSPS) is 15.6. The first-order chi connectivity index (χ1) is 12.4. The number of rotatable bonds is 2. The van der Waals surface area contributed by atoms with Gasteiger partial charge in [0.1, 0.15) is 5.82 Å². The van der Waals surface area contributed by atoms with Gasteiger partial charge in [0.05, 0.1) is 11.9 Å². The van der Waals surface area contributed by atoms with Crippen molar-refractivity contribution in [3.05, 3.63) is 47.2 Å². The summed E-state index contributed by atoms with van der Waals surface area (Å²) >= 11 is 6.46. The van der Waals surface area contributed by atoms with Gasteiger partial charge in [0.2, 0.25) is 0 Å². The molecule has 1 saturated heterocycles. The predicted molar refractivity (Wildman–Crippen MR) is 108 cm³/mol. The van der Waals surface area contributed by atoms with Gasteiger partial charge in [-0.1, -0.05) is 50.6 Å². The van der Waals surface area contributed by atoms with Gasteiger partial charge in [0.25, 0.3) is 0 Å². The second-order valence-electron chi connectivity index (χ2n) is 8.07. The Bertz CT molecular complexity index is 933. The van der Waals surface area contributed by atoms with E-state index in [1.54, 1.807) is 0 Å². The Morgan fingerprint density at radius 1 is 1.00 bits per heavy atom. The minimum Gasteiger partial charge on any atom is -0.356 e. The molecule has 0 aliphatic carbocycles. The summed E-state index contributed by atoms with van der Waals surface area (Å²) in [5.41, 5.74) is 3.90. The number of fused-ring (bicyclic) bond motifs is 1. The van der Waals surface area contributed by atoms with Gasteiger partial charge in [-0.3, -0.25) is 0 Å². The van der Waals surface area contributed by atoms with Crippen molar-refractivity contribution in [2.45, 2.75) is 45.4 Å². The molecule has 3 heterocycles. The first-order valence-electron chi connectivity index (χ1n) is 9.34. The lowest BCUT2D eigenvalue weighted by Gasteiger charge is -2.30. The van der Waals surface area contributed by atoms with Crippen LogP contribution in [0.25, 0.3) is 16.8 Å². The molecule has 1 aliphatic rings. The standard InChI is InChI=1S/C21H25ClN4/c1-21(2,3)18-13-19(25-11-7-4-8-12-25)26-20(24-18)16(14-23-26)15-9-5-6-10-17(15)22/h5-6,9-10,13-14H,4,7-8,11-12H2,1-3H3. The predicted octanol–water partition coefficient (Wildman–Crippen LogP) is 5.34. The van der Waals surface area contributed by atoms with Crippen LogP contribution in [0.4, 0.5) is 5.82 Å². The summed E-state index contributed by atoms with van der Waals surface area (Å²) in [7, 11) is 0. The third-order valence-electron chi connectivity index (χ3n) is 5.07. The van der Waals surface area contributed by atoms with Crippen molar-refractivity contribution in [3.63, 3.8) is 0 Å². The number of halogens is 1. The Hall–Kier alpha value is -2.07. The maximum atomic E-state index is 6.46. The quantitative estimate of drug-likeness (QED) is 0.612. The third-order valence-corrected chi connectivity index (χ3v) is 5.40. The Balaban J connectivity index is 1.95. The molecule has 0 amide bonds. The molecule has 26 heavy (non-hydrogen) atoms. The average molecular weight is 369 g/mol. The Morgan fingerprint density at radius 2 is 1.73 bits per heavy atom. The molecule has 0 atom stereocenters. The van der Waals surface area contributed by atoms with E-state index >= 15 is 0 Å². The first kappa shape index (κ1) is 17.3. The van der Waals surface area contributed by atoms with E-state index in [-0.39, 0.29) is 5.41 Å². The smallest absolute Gasteiger partial charge is 0.165 e. The number of anilines is 1. The number of piperidine rings is 1. The molecule has 4 nitrogen and oxygen atoms in total. The van der Waals surface area contributed by atoms with E-state index in [1.165, 1.54) is 19.3 Å². The summed E-state index contributed by atoms with van der Waals surface area (Å²) < 4.78 is 1.99. The van der Waals surface area contributed by atoms with Crippen molar-refractivity contribution in [3.8, 4) is 11.1 Å². The molecule has 0 bridgehead atoms. The Labute approximate surface area is 159 Å². The maximum Gasteiger partial charge on any atom is 0.165 e. The van der Waals surface area contributed by atoms with E-state index in [4.69, 9.17) is 16.6 Å². The zero-order valence-corrected chi connectivity index (χ0v) is 16.4. The summed E-state index contributed by atoms with van der Waals surface area (Å²) in [5.74, 6) is 1.14. The summed E-state index contributed by atoms with van der Waals surface area (Å²) in [6, 6.07) is 10.1. The van der Waals surface area contributed by atoms with Crippen LogP contribution in [0.2, 0.25) is 5.02 Å². The van der Waals surface area contributed by atoms with Gasteiger partial charge in [-0.2, -0.15) is 9.61 Å². The van der Waals surface area contributed by atoms with Crippen molar-refractivity contribution in [2.75, 3.05) is 18.0 Å². The molecule has 3 aromatic rings. The summed E-state index contributed by atoms with van der Waals surface area (Å²) in [5, 5.41) is 5.42. The lowest BCUT2D eigenvalue weighted by molar-refractivity contribution is 0.553. The van der Waals surface area contributed by atoms with Gasteiger partial charge in [-0.25, -0.2) is 4.98 Å². The van der Waals surface area contributed by atoms with Crippen LogP contribution in [0.3, 0.4) is 0 Å². The number of nitrogens with zero attached hydrogens (tertiary/aromatic N) is 4. The summed E-state index contributed by atoms with van der Waals surface area (Å²) in [6.45, 7) is 8.76. The molecular weight excluding hydrogens is 344 g/mol. The second-order valence-corrected chi connectivity index (χ2v) is 8.48. The first-order valence-corrected chi connectivity index (χ1v) is 9.72. The highest BCUT2D eigenvalue weighted by molar-refractivity contribution is 6.33. The highest BCUT2D eigenvalue weighted by Crippen LogP contribution is 2.34. The van der Waals surface area contributed by atoms with E-state index in [9.17, 15) is 0 Å². The molecule has 4 rings (SSSR count). The van der Waals surface area contributed by atoms with Crippen LogP contribution in [0.15, 0.2) is 36.5 Å². The van der Waals surface area contributed by atoms with Crippen molar-refractivity contribution >= 4 is 23.1 Å². The molecule has 1 aromatic carbocycles. The zero-order chi connectivity index (χ0) is 18.3. The molecule has 0 saturated carbocycles. The van der Waals surface area contributed by atoms with Crippen LogP contribution < -0.4 is 4.90 Å². The van der Waals surface area contributed by atoms with Gasteiger partial charge in [0.15, 0.2) is 5.65 Å². The molecule has 5 heteroatoms. The van der Waals surface area contributed by atoms with E-state index in [2.05, 4.69) is 36.8 Å². The largest absolute Gasteiger partial charge is 0.356 e. The monoisotopic (exact) mass is 368 g/mol. The summed E-state index contributed by atoms with van der Waals surface area (Å²) in [4.78, 5) is 7.44. The van der Waals surface area contributed by atoms with Crippen molar-refractivity contribution in [1.29, 1.82) is 0 Å². The van der Waals surface area contributed by atoms with Crippen LogP contribution >= 0.6 is 11.6 Å². The van der Waals surface area contributed by atoms with Gasteiger partial charge in [0, 0.05) is 40.7 Å². The molecule has 1 fully saturated rings. The van der Waals surface area contributed by atoms with Gasteiger partial charge < -0.3 is 4.90 Å². The van der Waals surface area contributed by atoms with Gasteiger partial charge >= 0.3 is 0 Å². The molecule has 0 unspecified atom stereocenters. The van der Waals surface area contributed by atoms with E-state index < -0.39 is 0 Å². The minimum atomic E-state index is -0.0334. The minimum absolute atomic E-state index is 0.0334. The Morgan fingerprint density at radius 3 is 2.42 bits per heavy atom. The maximum absolute atomic E-state index is 6.46. The molecular formula is C21H25ClN4. The topological polar surface area (TPSA) is 33.4 Å². The highest BCUT2D eigenvalue weighted by atomic mass is 35.5. The lowest BCUT2D eigenvalue weighted by Crippen LogP contribution is -2.32. The molecule has 0 spiro atoms. The van der Waals surface area contributed by atoms with Crippen molar-refractivity contribution in [2.24, 2.45) is 0 Å². The Kier molecular flexibility index (Phi) is 4.39. The molecule has 136 valence electrons. The van der Waals surface area contributed by atoms with Crippen LogP contribution in [0, 0.1) is 0 Å². The molecule has 2 aromatic heterocycles. The average Bonchev–Trinajstić information content (AvgIpc) is 3.05. The fourth-order valence-electron chi connectivity index (χ4n) is 3.55. The highest BCUT2D eigenvalue weighted by Gasteiger charge is 2.24. The lowest BCUT2D eigenvalue weighted by atomic mass is 9.91. The molecule has 0 radical (unpaired) electrons. The van der Waals surface area contributed by atoms with Gasteiger partial charge in [-0.05, 0) is 25.3 Å². The van der Waals surface area contributed by atoms with Crippen molar-refractivity contribution in [1.82, 2.24) is 14.6 Å². The number of aromatic nitrogens is 3. The van der Waals surface area contributed by atoms with Crippen LogP contribution in [-0.2, 0) is 5.41 Å². The second kappa shape index (κ2) is 6.58. The van der Waals surface area contributed by atoms with Crippen LogP contribution in [0.5, 0.6) is 0 Å². The van der Waals surface area contributed by atoms with E-state index in [1.807, 2.05) is 35.0 Å². The van der Waals surface area contributed by atoms with Crippen LogP contribution in [-0.4, -0.2) is 27.7 Å². The SMILES string of the molecule is CC(C)(C)c1cc(N2CCCCC2)n2ncc(-c3ccccc3Cl)c2n1. The van der Waals surface area contributed by atoms with E-state index in [0.29, 0.717) is 0 Å². The fraction of sp³-hybridized carbons (Fsp3) is 0.429. The number of hydrogen-bond donors (Lipinski definition) is 0. The third kappa shape index (κ3) is 3.07. The molecule has 1 aliphatic heterocycles. The molecule has 0 N–H and O–H groups in total. The number of hydrogen-bond acceptors (Lipinski definition) is 3. The van der Waals surface area contributed by atoms with Gasteiger partial charge in [-0.15, -0.1) is 0 Å². The summed E-state index contributed by atoms with van der Waals surface area (Å²) in [6.07, 6.45) is 5.66. The van der Waals surface area contributed by atoms with Crippen molar-refractivity contribution < 1.29 is 0 Å².